The van der Waals surface area contributed by atoms with Gasteiger partial charge in [-0.1, -0.05) is 6.07 Å². The van der Waals surface area contributed by atoms with E-state index in [9.17, 15) is 13.4 Å². The van der Waals surface area contributed by atoms with Gasteiger partial charge in [0, 0.05) is 30.1 Å². The number of nitrogens with zero attached hydrogens (tertiary/aromatic N) is 3. The number of benzene rings is 2. The van der Waals surface area contributed by atoms with Gasteiger partial charge in [-0.15, -0.1) is 0 Å². The van der Waals surface area contributed by atoms with Crippen molar-refractivity contribution in [1.29, 1.82) is 0 Å². The van der Waals surface area contributed by atoms with Crippen molar-refractivity contribution in [2.75, 3.05) is 6.54 Å². The van der Waals surface area contributed by atoms with Crippen LogP contribution < -0.4 is 4.72 Å². The highest BCUT2D eigenvalue weighted by Crippen LogP contribution is 2.24. The maximum absolute atomic E-state index is 15.0. The first-order chi connectivity index (χ1) is 15.9. The standard InChI is InChI=1S/C23H18F2N4O3S/c24-17-5-3-15(2-1-9-28-33(31)32)22(25)21(17)23(30)16-4-6-18-19(12-16)29-20(13-27-18)14-7-10-26-11-8-14/h3-8,10-13,28H,1-2,9H2,(H,31,32). The van der Waals surface area contributed by atoms with Crippen LogP contribution in [-0.2, 0) is 17.7 Å². The number of halogens is 2. The molecule has 4 rings (SSSR count). The molecule has 2 aromatic heterocycles. The van der Waals surface area contributed by atoms with E-state index < -0.39 is 34.2 Å². The zero-order valence-electron chi connectivity index (χ0n) is 17.2. The van der Waals surface area contributed by atoms with Gasteiger partial charge in [-0.05, 0) is 54.8 Å². The quantitative estimate of drug-likeness (QED) is 0.231. The summed E-state index contributed by atoms with van der Waals surface area (Å²) in [6.45, 7) is 0.159. The van der Waals surface area contributed by atoms with Crippen molar-refractivity contribution in [2.45, 2.75) is 12.8 Å². The summed E-state index contributed by atoms with van der Waals surface area (Å²) in [6, 6.07) is 10.4. The van der Waals surface area contributed by atoms with Crippen molar-refractivity contribution in [3.8, 4) is 11.3 Å². The molecule has 33 heavy (non-hydrogen) atoms. The third-order valence-corrected chi connectivity index (χ3v) is 5.48. The lowest BCUT2D eigenvalue weighted by atomic mass is 9.97. The minimum absolute atomic E-state index is 0.0796. The zero-order chi connectivity index (χ0) is 23.4. The van der Waals surface area contributed by atoms with Crippen molar-refractivity contribution >= 4 is 28.1 Å². The van der Waals surface area contributed by atoms with Gasteiger partial charge in [0.2, 0.25) is 11.3 Å². The molecule has 2 N–H and O–H groups in total. The Hall–Kier alpha value is -3.47. The molecule has 0 saturated carbocycles. The molecule has 0 spiro atoms. The minimum Gasteiger partial charge on any atom is -0.294 e. The molecule has 1 atom stereocenters. The lowest BCUT2D eigenvalue weighted by Gasteiger charge is -2.10. The van der Waals surface area contributed by atoms with E-state index >= 15 is 4.39 Å². The van der Waals surface area contributed by atoms with Gasteiger partial charge in [0.15, 0.2) is 5.78 Å². The first-order valence-electron chi connectivity index (χ1n) is 9.97. The van der Waals surface area contributed by atoms with Gasteiger partial charge < -0.3 is 0 Å². The number of ketones is 1. The predicted octanol–water partition coefficient (Wildman–Crippen LogP) is 3.86. The average molecular weight is 468 g/mol. The van der Waals surface area contributed by atoms with Gasteiger partial charge >= 0.3 is 0 Å². The topological polar surface area (TPSA) is 105 Å². The Balaban J connectivity index is 1.65. The number of rotatable bonds is 8. The number of fused-ring (bicyclic) bond motifs is 1. The fourth-order valence-electron chi connectivity index (χ4n) is 3.39. The van der Waals surface area contributed by atoms with Gasteiger partial charge in [-0.25, -0.2) is 22.7 Å². The highest BCUT2D eigenvalue weighted by Gasteiger charge is 2.22. The number of hydrogen-bond acceptors (Lipinski definition) is 5. The van der Waals surface area contributed by atoms with E-state index in [1.54, 1.807) is 36.8 Å². The van der Waals surface area contributed by atoms with Crippen LogP contribution in [0.1, 0.15) is 27.9 Å². The van der Waals surface area contributed by atoms with Crippen molar-refractivity contribution in [2.24, 2.45) is 0 Å². The summed E-state index contributed by atoms with van der Waals surface area (Å²) in [5, 5.41) is 0. The number of pyridine rings is 1. The van der Waals surface area contributed by atoms with Crippen molar-refractivity contribution in [3.63, 3.8) is 0 Å². The Morgan fingerprint density at radius 3 is 2.61 bits per heavy atom. The van der Waals surface area contributed by atoms with E-state index in [2.05, 4.69) is 19.7 Å². The summed E-state index contributed by atoms with van der Waals surface area (Å²) in [6.07, 6.45) is 5.34. The second-order valence-electron chi connectivity index (χ2n) is 7.17. The molecule has 0 aliphatic rings. The Morgan fingerprint density at radius 1 is 1.06 bits per heavy atom. The second-order valence-corrected chi connectivity index (χ2v) is 7.95. The van der Waals surface area contributed by atoms with Crippen LogP contribution in [-0.4, -0.2) is 36.0 Å². The first kappa shape index (κ1) is 22.7. The Bertz CT molecular complexity index is 1350. The fraction of sp³-hybridized carbons (Fsp3) is 0.130. The molecule has 7 nitrogen and oxygen atoms in total. The average Bonchev–Trinajstić information content (AvgIpc) is 2.82. The van der Waals surface area contributed by atoms with Gasteiger partial charge in [-0.2, -0.15) is 0 Å². The summed E-state index contributed by atoms with van der Waals surface area (Å²) in [5.74, 6) is -2.71. The van der Waals surface area contributed by atoms with Crippen LogP contribution in [0.15, 0.2) is 61.1 Å². The lowest BCUT2D eigenvalue weighted by molar-refractivity contribution is 0.103. The van der Waals surface area contributed by atoms with E-state index in [1.807, 2.05) is 0 Å². The Kier molecular flexibility index (Phi) is 6.87. The summed E-state index contributed by atoms with van der Waals surface area (Å²) >= 11 is -2.17. The fourth-order valence-corrected chi connectivity index (χ4v) is 3.71. The molecule has 0 amide bonds. The largest absolute Gasteiger partial charge is 0.294 e. The number of nitrogens with one attached hydrogen (secondary N) is 1. The van der Waals surface area contributed by atoms with Gasteiger partial charge in [0.05, 0.1) is 28.5 Å². The molecule has 168 valence electrons. The van der Waals surface area contributed by atoms with E-state index in [0.717, 1.165) is 11.6 Å². The Labute approximate surface area is 190 Å². The van der Waals surface area contributed by atoms with Crippen LogP contribution in [0.5, 0.6) is 0 Å². The molecular weight excluding hydrogens is 450 g/mol. The summed E-state index contributed by atoms with van der Waals surface area (Å²) in [7, 11) is 0. The second kappa shape index (κ2) is 9.99. The number of aromatic nitrogens is 3. The Morgan fingerprint density at radius 2 is 1.85 bits per heavy atom. The van der Waals surface area contributed by atoms with Crippen molar-refractivity contribution in [1.82, 2.24) is 19.7 Å². The highest BCUT2D eigenvalue weighted by molar-refractivity contribution is 7.77. The van der Waals surface area contributed by atoms with Crippen LogP contribution in [0.25, 0.3) is 22.3 Å². The minimum atomic E-state index is -2.17. The molecule has 10 heteroatoms. The number of carbonyl (C=O) groups is 1. The van der Waals surface area contributed by atoms with E-state index in [0.29, 0.717) is 23.1 Å². The van der Waals surface area contributed by atoms with Crippen molar-refractivity contribution < 1.29 is 22.3 Å². The van der Waals surface area contributed by atoms with E-state index in [4.69, 9.17) is 4.55 Å². The molecule has 0 aliphatic heterocycles. The SMILES string of the molecule is O=C(c1ccc2ncc(-c3ccncc3)nc2c1)c1c(F)ccc(CCCNS(=O)O)c1F. The number of hydrogen-bond donors (Lipinski definition) is 2. The van der Waals surface area contributed by atoms with E-state index in [-0.39, 0.29) is 24.1 Å². The smallest absolute Gasteiger partial charge is 0.231 e. The van der Waals surface area contributed by atoms with Gasteiger partial charge in [0.1, 0.15) is 11.6 Å². The van der Waals surface area contributed by atoms with Gasteiger partial charge in [-0.3, -0.25) is 19.3 Å². The van der Waals surface area contributed by atoms with Crippen LogP contribution in [0.2, 0.25) is 0 Å². The number of carbonyl (C=O) groups excluding carboxylic acids is 1. The van der Waals surface area contributed by atoms with Gasteiger partial charge in [0.25, 0.3) is 0 Å². The first-order valence-corrected chi connectivity index (χ1v) is 11.1. The van der Waals surface area contributed by atoms with Crippen LogP contribution >= 0.6 is 0 Å². The third-order valence-electron chi connectivity index (χ3n) is 5.03. The molecule has 0 aliphatic carbocycles. The molecule has 0 bridgehead atoms. The molecule has 2 aromatic carbocycles. The third kappa shape index (κ3) is 5.14. The molecule has 0 fully saturated rings. The monoisotopic (exact) mass is 468 g/mol. The molecule has 0 saturated heterocycles. The normalized spacial score (nSPS) is 12.1. The maximum Gasteiger partial charge on any atom is 0.231 e. The highest BCUT2D eigenvalue weighted by atomic mass is 32.2. The predicted molar refractivity (Wildman–Crippen MR) is 120 cm³/mol. The van der Waals surface area contributed by atoms with Crippen LogP contribution in [0.3, 0.4) is 0 Å². The lowest BCUT2D eigenvalue weighted by Crippen LogP contribution is -2.18. The molecule has 4 aromatic rings. The zero-order valence-corrected chi connectivity index (χ0v) is 18.0. The summed E-state index contributed by atoms with van der Waals surface area (Å²) < 4.78 is 51.2. The number of aryl methyl sites for hydroxylation is 1. The van der Waals surface area contributed by atoms with Crippen molar-refractivity contribution in [3.05, 3.63) is 89.4 Å². The van der Waals surface area contributed by atoms with Crippen LogP contribution in [0, 0.1) is 11.6 Å². The molecule has 0 radical (unpaired) electrons. The summed E-state index contributed by atoms with van der Waals surface area (Å²) in [5.41, 5.74) is 1.89. The molecule has 2 heterocycles. The maximum atomic E-state index is 15.0. The van der Waals surface area contributed by atoms with Crippen LogP contribution in [0.4, 0.5) is 8.78 Å². The molecule has 1 unspecified atom stereocenters. The molecular formula is C23H18F2N4O3S. The summed E-state index contributed by atoms with van der Waals surface area (Å²) in [4.78, 5) is 25.9. The van der Waals surface area contributed by atoms with E-state index in [1.165, 1.54) is 18.2 Å².